The maximum Gasteiger partial charge on any atom is 0.329 e. The second-order valence-electron chi connectivity index (χ2n) is 8.05. The summed E-state index contributed by atoms with van der Waals surface area (Å²) in [6.07, 6.45) is 1.97. The number of ether oxygens (including phenoxy) is 2. The lowest BCUT2D eigenvalue weighted by Crippen LogP contribution is -2.38. The minimum atomic E-state index is -0.914. The predicted octanol–water partition coefficient (Wildman–Crippen LogP) is 3.36. The summed E-state index contributed by atoms with van der Waals surface area (Å²) in [6.45, 7) is 8.34. The summed E-state index contributed by atoms with van der Waals surface area (Å²) in [6, 6.07) is 10.4. The van der Waals surface area contributed by atoms with Crippen LogP contribution in [0.1, 0.15) is 37.0 Å². The lowest BCUT2D eigenvalue weighted by Gasteiger charge is -2.11. The molecular weight excluding hydrogens is 472 g/mol. The Kier molecular flexibility index (Phi) is 11.2. The smallest absolute Gasteiger partial charge is 0.329 e. The first-order valence-corrected chi connectivity index (χ1v) is 11.6. The summed E-state index contributed by atoms with van der Waals surface area (Å²) in [4.78, 5) is 36.0. The predicted molar refractivity (Wildman–Crippen MR) is 136 cm³/mol. The molecule has 2 aromatic rings. The number of hydrogen-bond acceptors (Lipinski definition) is 6. The monoisotopic (exact) mass is 502 g/mol. The number of hydrazone groups is 1. The molecule has 0 aromatic heterocycles. The van der Waals surface area contributed by atoms with Crippen molar-refractivity contribution in [1.29, 1.82) is 0 Å². The molecule has 0 saturated carbocycles. The first-order chi connectivity index (χ1) is 16.7. The van der Waals surface area contributed by atoms with E-state index < -0.39 is 11.8 Å². The summed E-state index contributed by atoms with van der Waals surface area (Å²) < 4.78 is 11.0. The van der Waals surface area contributed by atoms with Crippen molar-refractivity contribution in [3.63, 3.8) is 0 Å². The molecule has 0 aliphatic rings. The third-order valence-corrected chi connectivity index (χ3v) is 4.99. The van der Waals surface area contributed by atoms with Crippen LogP contribution in [0.2, 0.25) is 5.02 Å². The van der Waals surface area contributed by atoms with Crippen LogP contribution in [0.25, 0.3) is 0 Å². The van der Waals surface area contributed by atoms with Crippen LogP contribution in [-0.2, 0) is 19.1 Å². The van der Waals surface area contributed by atoms with Gasteiger partial charge in [0.05, 0.1) is 12.3 Å². The van der Waals surface area contributed by atoms with E-state index in [0.29, 0.717) is 41.6 Å². The third kappa shape index (κ3) is 10.2. The molecule has 3 amide bonds. The van der Waals surface area contributed by atoms with Gasteiger partial charge in [-0.05, 0) is 75.6 Å². The highest BCUT2D eigenvalue weighted by molar-refractivity contribution is 6.35. The van der Waals surface area contributed by atoms with Gasteiger partial charge in [0.2, 0.25) is 0 Å². The van der Waals surface area contributed by atoms with Crippen LogP contribution >= 0.6 is 11.6 Å². The molecule has 0 atom stereocenters. The van der Waals surface area contributed by atoms with Crippen LogP contribution in [0.4, 0.5) is 5.69 Å². The molecule has 0 fully saturated rings. The van der Waals surface area contributed by atoms with Crippen molar-refractivity contribution >= 4 is 41.2 Å². The largest absolute Gasteiger partial charge is 0.483 e. The SMILES string of the molecule is Cc1ccc(NC(=O)COc2ccc(Cl)cc2/C=N\NC(=O)C(=O)NCCCOC(C)C)cc1C. The van der Waals surface area contributed by atoms with Crippen molar-refractivity contribution in [2.24, 2.45) is 5.10 Å². The molecule has 2 aromatic carbocycles. The van der Waals surface area contributed by atoms with E-state index in [1.807, 2.05) is 45.9 Å². The number of benzene rings is 2. The number of anilines is 1. The number of carbonyl (C=O) groups is 3. The van der Waals surface area contributed by atoms with Crippen LogP contribution in [0, 0.1) is 13.8 Å². The number of carbonyl (C=O) groups excluding carboxylic acids is 3. The van der Waals surface area contributed by atoms with Crippen molar-refractivity contribution in [1.82, 2.24) is 10.7 Å². The third-order valence-electron chi connectivity index (χ3n) is 4.76. The minimum Gasteiger partial charge on any atom is -0.483 e. The normalized spacial score (nSPS) is 10.9. The van der Waals surface area contributed by atoms with Gasteiger partial charge >= 0.3 is 11.8 Å². The second-order valence-corrected chi connectivity index (χ2v) is 8.48. The topological polar surface area (TPSA) is 118 Å². The van der Waals surface area contributed by atoms with Gasteiger partial charge in [0, 0.05) is 29.4 Å². The number of hydrogen-bond donors (Lipinski definition) is 3. The number of nitrogens with one attached hydrogen (secondary N) is 3. The molecule has 2 rings (SSSR count). The van der Waals surface area contributed by atoms with Gasteiger partial charge in [0.15, 0.2) is 6.61 Å². The Morgan fingerprint density at radius 3 is 2.54 bits per heavy atom. The average Bonchev–Trinajstić information content (AvgIpc) is 2.80. The first-order valence-electron chi connectivity index (χ1n) is 11.2. The van der Waals surface area contributed by atoms with Crippen molar-refractivity contribution < 1.29 is 23.9 Å². The number of amides is 3. The molecule has 9 nitrogen and oxygen atoms in total. The molecule has 0 unspecified atom stereocenters. The fourth-order valence-electron chi connectivity index (χ4n) is 2.80. The molecule has 188 valence electrons. The van der Waals surface area contributed by atoms with E-state index in [1.165, 1.54) is 6.21 Å². The molecule has 0 saturated heterocycles. The Balaban J connectivity index is 1.87. The Bertz CT molecular complexity index is 1070. The van der Waals surface area contributed by atoms with Crippen molar-refractivity contribution in [2.75, 3.05) is 25.1 Å². The van der Waals surface area contributed by atoms with E-state index in [4.69, 9.17) is 21.1 Å². The van der Waals surface area contributed by atoms with Gasteiger partial charge in [0.1, 0.15) is 5.75 Å². The van der Waals surface area contributed by atoms with Crippen molar-refractivity contribution in [2.45, 2.75) is 40.2 Å². The number of nitrogens with zero attached hydrogens (tertiary/aromatic N) is 1. The summed E-state index contributed by atoms with van der Waals surface area (Å²) >= 11 is 6.05. The fraction of sp³-hybridized carbons (Fsp3) is 0.360. The van der Waals surface area contributed by atoms with Crippen LogP contribution in [0.3, 0.4) is 0 Å². The Morgan fingerprint density at radius 1 is 1.06 bits per heavy atom. The second kappa shape index (κ2) is 14.1. The molecule has 0 aliphatic carbocycles. The van der Waals surface area contributed by atoms with E-state index in [-0.39, 0.29) is 18.6 Å². The van der Waals surface area contributed by atoms with Gasteiger partial charge in [-0.1, -0.05) is 17.7 Å². The zero-order chi connectivity index (χ0) is 25.8. The highest BCUT2D eigenvalue weighted by Gasteiger charge is 2.12. The Morgan fingerprint density at radius 2 is 1.83 bits per heavy atom. The first kappa shape index (κ1) is 27.8. The molecular formula is C25H31ClN4O5. The van der Waals surface area contributed by atoms with E-state index in [2.05, 4.69) is 21.2 Å². The average molecular weight is 503 g/mol. The van der Waals surface area contributed by atoms with E-state index in [0.717, 1.165) is 11.1 Å². The molecule has 35 heavy (non-hydrogen) atoms. The Labute approximate surface area is 210 Å². The van der Waals surface area contributed by atoms with E-state index in [1.54, 1.807) is 18.2 Å². The number of aryl methyl sites for hydroxylation is 2. The molecule has 0 spiro atoms. The molecule has 0 radical (unpaired) electrons. The van der Waals surface area contributed by atoms with Crippen LogP contribution in [-0.4, -0.2) is 49.8 Å². The van der Waals surface area contributed by atoms with Crippen LogP contribution < -0.4 is 20.8 Å². The summed E-state index contributed by atoms with van der Waals surface area (Å²) in [5, 5.41) is 9.47. The standard InChI is InChI=1S/C25H31ClN4O5/c1-16(2)34-11-5-10-27-24(32)25(33)30-28-14-19-13-20(26)7-9-22(19)35-15-23(31)29-21-8-6-17(3)18(4)12-21/h6-9,12-14,16H,5,10-11,15H2,1-4H3,(H,27,32)(H,29,31)(H,30,33)/b28-14-. The van der Waals surface area contributed by atoms with E-state index >= 15 is 0 Å². The molecule has 0 bridgehead atoms. The molecule has 0 heterocycles. The lowest BCUT2D eigenvalue weighted by atomic mass is 10.1. The summed E-state index contributed by atoms with van der Waals surface area (Å²) in [7, 11) is 0. The summed E-state index contributed by atoms with van der Waals surface area (Å²) in [5.41, 5.74) is 5.44. The Hall–Kier alpha value is -3.43. The van der Waals surface area contributed by atoms with Gasteiger partial charge in [-0.15, -0.1) is 0 Å². The maximum atomic E-state index is 12.3. The van der Waals surface area contributed by atoms with Crippen molar-refractivity contribution in [3.8, 4) is 5.75 Å². The lowest BCUT2D eigenvalue weighted by molar-refractivity contribution is -0.139. The summed E-state index contributed by atoms with van der Waals surface area (Å²) in [5.74, 6) is -1.73. The molecule has 0 aliphatic heterocycles. The number of rotatable bonds is 11. The highest BCUT2D eigenvalue weighted by Crippen LogP contribution is 2.21. The van der Waals surface area contributed by atoms with Crippen LogP contribution in [0.15, 0.2) is 41.5 Å². The highest BCUT2D eigenvalue weighted by atomic mass is 35.5. The van der Waals surface area contributed by atoms with Gasteiger partial charge in [-0.25, -0.2) is 5.43 Å². The van der Waals surface area contributed by atoms with Gasteiger partial charge in [-0.2, -0.15) is 5.10 Å². The van der Waals surface area contributed by atoms with Crippen LogP contribution in [0.5, 0.6) is 5.75 Å². The fourth-order valence-corrected chi connectivity index (χ4v) is 2.98. The van der Waals surface area contributed by atoms with E-state index in [9.17, 15) is 14.4 Å². The maximum absolute atomic E-state index is 12.3. The van der Waals surface area contributed by atoms with Gasteiger partial charge in [0.25, 0.3) is 5.91 Å². The van der Waals surface area contributed by atoms with Gasteiger partial charge < -0.3 is 20.1 Å². The quantitative estimate of drug-likeness (QED) is 0.188. The zero-order valence-corrected chi connectivity index (χ0v) is 21.1. The number of halogens is 1. The van der Waals surface area contributed by atoms with Gasteiger partial charge in [-0.3, -0.25) is 14.4 Å². The van der Waals surface area contributed by atoms with Crippen molar-refractivity contribution in [3.05, 3.63) is 58.1 Å². The molecule has 3 N–H and O–H groups in total. The zero-order valence-electron chi connectivity index (χ0n) is 20.3. The molecule has 10 heteroatoms. The minimum absolute atomic E-state index is 0.107.